The largest absolute Gasteiger partial charge is 0.503 e. The third-order valence-corrected chi connectivity index (χ3v) is 12.3. The number of nitrogens with zero attached hydrogens (tertiary/aromatic N) is 2. The molecule has 3 aromatic carbocycles. The van der Waals surface area contributed by atoms with E-state index in [9.17, 15) is 4.79 Å². The van der Waals surface area contributed by atoms with E-state index in [-0.39, 0.29) is 6.03 Å². The van der Waals surface area contributed by atoms with Gasteiger partial charge in [0.1, 0.15) is 17.6 Å². The average Bonchev–Trinajstić information content (AvgIpc) is 3.48. The Hall–Kier alpha value is -3.50. The molecular formula is C30H29N2OSi+. The maximum atomic E-state index is 14.0. The molecule has 0 unspecified atom stereocenters. The van der Waals surface area contributed by atoms with Gasteiger partial charge in [0.2, 0.25) is 8.07 Å². The van der Waals surface area contributed by atoms with Crippen LogP contribution in [0.3, 0.4) is 0 Å². The van der Waals surface area contributed by atoms with Gasteiger partial charge in [0, 0.05) is 0 Å². The Morgan fingerprint density at radius 2 is 1.15 bits per heavy atom. The van der Waals surface area contributed by atoms with Crippen LogP contribution in [0.4, 0.5) is 4.79 Å². The zero-order valence-corrected chi connectivity index (χ0v) is 20.3. The minimum atomic E-state index is -2.73. The third-order valence-electron chi connectivity index (χ3n) is 7.57. The molecule has 3 nitrogen and oxygen atoms in total. The number of benzene rings is 3. The van der Waals surface area contributed by atoms with Crippen LogP contribution in [0.15, 0.2) is 103 Å². The minimum absolute atomic E-state index is 0.113. The monoisotopic (exact) mass is 461 g/mol. The number of carbonyl (C=O) groups excluding carboxylic acids is 1. The Labute approximate surface area is 202 Å². The van der Waals surface area contributed by atoms with E-state index < -0.39 is 8.07 Å². The number of carbonyl (C=O) groups is 1. The molecule has 0 atom stereocenters. The Balaban J connectivity index is 1.60. The molecule has 2 aliphatic rings. The first-order valence-electron chi connectivity index (χ1n) is 12.4. The molecule has 1 fully saturated rings. The molecule has 0 saturated heterocycles. The van der Waals surface area contributed by atoms with E-state index in [0.29, 0.717) is 6.04 Å². The van der Waals surface area contributed by atoms with Crippen molar-refractivity contribution < 1.29 is 9.37 Å². The van der Waals surface area contributed by atoms with Crippen molar-refractivity contribution in [1.82, 2.24) is 4.57 Å². The summed E-state index contributed by atoms with van der Waals surface area (Å²) in [5, 5.41) is 5.00. The Bertz CT molecular complexity index is 1240. The maximum absolute atomic E-state index is 14.0. The summed E-state index contributed by atoms with van der Waals surface area (Å²) in [6, 6.07) is 37.2. The van der Waals surface area contributed by atoms with Crippen LogP contribution in [-0.4, -0.2) is 35.5 Å². The smallest absolute Gasteiger partial charge is 0.196 e. The SMILES string of the molecule is O=C1n2c(ccc2[Si](c2ccccc2)(c2ccccc2)c2ccccc2)C=[N+]1C1CCCCC1. The van der Waals surface area contributed by atoms with Crippen LogP contribution in [0.1, 0.15) is 37.8 Å². The molecule has 2 heterocycles. The first-order chi connectivity index (χ1) is 16.8. The van der Waals surface area contributed by atoms with Crippen molar-refractivity contribution in [2.45, 2.75) is 38.1 Å². The maximum Gasteiger partial charge on any atom is 0.503 e. The van der Waals surface area contributed by atoms with Crippen LogP contribution >= 0.6 is 0 Å². The Morgan fingerprint density at radius 3 is 1.65 bits per heavy atom. The number of hydrogen-bond acceptors (Lipinski definition) is 1. The highest BCUT2D eigenvalue weighted by molar-refractivity contribution is 7.19. The summed E-state index contributed by atoms with van der Waals surface area (Å²) in [7, 11) is -2.73. The van der Waals surface area contributed by atoms with Gasteiger partial charge in [0.15, 0.2) is 5.69 Å². The molecule has 6 rings (SSSR count). The van der Waals surface area contributed by atoms with Crippen molar-refractivity contribution in [3.63, 3.8) is 0 Å². The Morgan fingerprint density at radius 1 is 0.647 bits per heavy atom. The molecule has 1 aromatic heterocycles. The van der Waals surface area contributed by atoms with Gasteiger partial charge in [0.05, 0.1) is 0 Å². The van der Waals surface area contributed by atoms with E-state index in [2.05, 4.69) is 109 Å². The van der Waals surface area contributed by atoms with Crippen LogP contribution in [0.25, 0.3) is 0 Å². The van der Waals surface area contributed by atoms with Gasteiger partial charge in [-0.1, -0.05) is 97.4 Å². The lowest BCUT2D eigenvalue weighted by Gasteiger charge is -2.31. The lowest BCUT2D eigenvalue weighted by atomic mass is 9.95. The minimum Gasteiger partial charge on any atom is -0.196 e. The number of amides is 1. The van der Waals surface area contributed by atoms with Crippen molar-refractivity contribution in [2.24, 2.45) is 0 Å². The van der Waals surface area contributed by atoms with Crippen LogP contribution in [0.2, 0.25) is 0 Å². The summed E-state index contributed by atoms with van der Waals surface area (Å²) in [5.74, 6) is 0. The summed E-state index contributed by atoms with van der Waals surface area (Å²) in [4.78, 5) is 14.0. The molecule has 0 radical (unpaired) electrons. The molecule has 4 heteroatoms. The number of fused-ring (bicyclic) bond motifs is 1. The zero-order chi connectivity index (χ0) is 23.0. The van der Waals surface area contributed by atoms with Gasteiger partial charge >= 0.3 is 6.03 Å². The molecule has 0 bridgehead atoms. The quantitative estimate of drug-likeness (QED) is 0.253. The molecular weight excluding hydrogens is 432 g/mol. The van der Waals surface area contributed by atoms with Crippen molar-refractivity contribution >= 4 is 41.2 Å². The van der Waals surface area contributed by atoms with Gasteiger partial charge in [-0.15, -0.1) is 0 Å². The van der Waals surface area contributed by atoms with E-state index in [1.54, 1.807) is 0 Å². The fourth-order valence-electron chi connectivity index (χ4n) is 6.00. The molecule has 0 N–H and O–H groups in total. The van der Waals surface area contributed by atoms with E-state index in [0.717, 1.165) is 23.9 Å². The molecule has 1 saturated carbocycles. The molecule has 168 valence electrons. The highest BCUT2D eigenvalue weighted by Gasteiger charge is 2.50. The lowest BCUT2D eigenvalue weighted by molar-refractivity contribution is -0.468. The topological polar surface area (TPSA) is 25.0 Å². The standard InChI is InChI=1S/C30H29N2OSi/c33-30-31(24-13-5-1-6-14-24)23-25-21-22-29(32(25)30)34(26-15-7-2-8-16-26,27-17-9-3-10-18-27)28-19-11-4-12-20-28/h2-4,7-12,15-24H,1,5-6,13-14H2/q+1. The van der Waals surface area contributed by atoms with E-state index in [1.165, 1.54) is 34.8 Å². The second-order valence-electron chi connectivity index (χ2n) is 9.44. The second kappa shape index (κ2) is 8.69. The molecule has 1 aliphatic carbocycles. The van der Waals surface area contributed by atoms with Crippen molar-refractivity contribution in [1.29, 1.82) is 0 Å². The van der Waals surface area contributed by atoms with Gasteiger partial charge in [-0.25, -0.2) is 0 Å². The first-order valence-corrected chi connectivity index (χ1v) is 14.4. The highest BCUT2D eigenvalue weighted by atomic mass is 28.3. The van der Waals surface area contributed by atoms with Crippen molar-refractivity contribution in [3.05, 3.63) is 109 Å². The van der Waals surface area contributed by atoms with E-state index in [1.807, 2.05) is 9.14 Å². The number of aromatic nitrogens is 1. The third kappa shape index (κ3) is 3.24. The van der Waals surface area contributed by atoms with Crippen molar-refractivity contribution in [3.8, 4) is 0 Å². The van der Waals surface area contributed by atoms with Crippen LogP contribution < -0.4 is 20.9 Å². The molecule has 1 amide bonds. The predicted octanol–water partition coefficient (Wildman–Crippen LogP) is 3.61. The van der Waals surface area contributed by atoms with E-state index in [4.69, 9.17) is 0 Å². The fraction of sp³-hybridized carbons (Fsp3) is 0.200. The lowest BCUT2D eigenvalue weighted by Crippen LogP contribution is -2.76. The van der Waals surface area contributed by atoms with E-state index >= 15 is 0 Å². The normalized spacial score (nSPS) is 16.4. The van der Waals surface area contributed by atoms with Gasteiger partial charge < -0.3 is 0 Å². The Kier molecular flexibility index (Phi) is 5.38. The van der Waals surface area contributed by atoms with Crippen LogP contribution in [-0.2, 0) is 0 Å². The predicted molar refractivity (Wildman–Crippen MR) is 141 cm³/mol. The number of hydrogen-bond donors (Lipinski definition) is 0. The molecule has 0 spiro atoms. The second-order valence-corrected chi connectivity index (χ2v) is 13.2. The summed E-state index contributed by atoms with van der Waals surface area (Å²) < 4.78 is 4.05. The van der Waals surface area contributed by atoms with Crippen LogP contribution in [0, 0.1) is 0 Å². The fourth-order valence-corrected chi connectivity index (χ4v) is 10.9. The summed E-state index contributed by atoms with van der Waals surface area (Å²) >= 11 is 0. The molecule has 4 aromatic rings. The molecule has 1 aliphatic heterocycles. The number of rotatable bonds is 5. The van der Waals surface area contributed by atoms with Gasteiger partial charge in [-0.2, -0.15) is 13.9 Å². The van der Waals surface area contributed by atoms with Gasteiger partial charge in [-0.05, 0) is 53.4 Å². The summed E-state index contributed by atoms with van der Waals surface area (Å²) in [6.07, 6.45) is 7.99. The molecule has 34 heavy (non-hydrogen) atoms. The average molecular weight is 462 g/mol. The summed E-state index contributed by atoms with van der Waals surface area (Å²) in [5.41, 5.74) is 1.00. The zero-order valence-electron chi connectivity index (χ0n) is 19.3. The summed E-state index contributed by atoms with van der Waals surface area (Å²) in [6.45, 7) is 0. The van der Waals surface area contributed by atoms with Gasteiger partial charge in [-0.3, -0.25) is 0 Å². The highest BCUT2D eigenvalue weighted by Crippen LogP contribution is 2.23. The first kappa shape index (κ1) is 21.1. The van der Waals surface area contributed by atoms with Crippen molar-refractivity contribution in [2.75, 3.05) is 0 Å². The van der Waals surface area contributed by atoms with Crippen LogP contribution in [0.5, 0.6) is 0 Å². The van der Waals surface area contributed by atoms with Gasteiger partial charge in [0.25, 0.3) is 0 Å².